The first-order valence-corrected chi connectivity index (χ1v) is 7.94. The highest BCUT2D eigenvalue weighted by molar-refractivity contribution is 6.33. The molecular formula is C20H16Cl2. The minimum absolute atomic E-state index is 0.357. The Bertz CT molecular complexity index is 725. The minimum Gasteiger partial charge on any atom is -0.0843 e. The Labute approximate surface area is 141 Å². The summed E-state index contributed by atoms with van der Waals surface area (Å²) >= 11 is 12.8. The highest BCUT2D eigenvalue weighted by atomic mass is 35.5. The molecule has 0 radical (unpaired) electrons. The molecule has 0 N–H and O–H groups in total. The van der Waals surface area contributed by atoms with Gasteiger partial charge in [0.15, 0.2) is 0 Å². The van der Waals surface area contributed by atoms with Gasteiger partial charge in [0.05, 0.1) is 0 Å². The second kappa shape index (κ2) is 6.16. The Hall–Kier alpha value is -1.76. The molecule has 0 nitrogen and oxygen atoms in total. The Morgan fingerprint density at radius 3 is 1.68 bits per heavy atom. The molecule has 3 rings (SSSR count). The van der Waals surface area contributed by atoms with Crippen molar-refractivity contribution in [2.75, 3.05) is 0 Å². The van der Waals surface area contributed by atoms with E-state index in [0.29, 0.717) is 5.02 Å². The molecule has 0 aliphatic rings. The second-order valence-corrected chi connectivity index (χ2v) is 6.32. The number of rotatable bonds is 3. The molecule has 22 heavy (non-hydrogen) atoms. The van der Waals surface area contributed by atoms with Gasteiger partial charge in [0, 0.05) is 15.5 Å². The predicted molar refractivity (Wildman–Crippen MR) is 94.9 cm³/mol. The molecule has 0 aromatic heterocycles. The second-order valence-electron chi connectivity index (χ2n) is 5.48. The van der Waals surface area contributed by atoms with Gasteiger partial charge in [0.25, 0.3) is 0 Å². The SMILES string of the molecule is CC(c1ccccc1)(c1ccccc1)c1cc(Cl)ccc1Cl. The lowest BCUT2D eigenvalue weighted by Gasteiger charge is -2.32. The standard InChI is InChI=1S/C20H16Cl2/c1-20(15-8-4-2-5-9-15,16-10-6-3-7-11-16)18-14-17(21)12-13-19(18)22/h2-14H,1H3. The predicted octanol–water partition coefficient (Wildman–Crippen LogP) is 6.35. The molecule has 0 aliphatic heterocycles. The summed E-state index contributed by atoms with van der Waals surface area (Å²) in [6.07, 6.45) is 0. The van der Waals surface area contributed by atoms with Crippen molar-refractivity contribution in [3.63, 3.8) is 0 Å². The Morgan fingerprint density at radius 2 is 1.18 bits per heavy atom. The van der Waals surface area contributed by atoms with Gasteiger partial charge in [0.1, 0.15) is 0 Å². The van der Waals surface area contributed by atoms with E-state index in [1.807, 2.05) is 30.3 Å². The quantitative estimate of drug-likeness (QED) is 0.492. The summed E-state index contributed by atoms with van der Waals surface area (Å²) in [5.74, 6) is 0. The average Bonchev–Trinajstić information content (AvgIpc) is 2.58. The van der Waals surface area contributed by atoms with Crippen LogP contribution in [0, 0.1) is 0 Å². The monoisotopic (exact) mass is 326 g/mol. The van der Waals surface area contributed by atoms with Crippen LogP contribution in [0.5, 0.6) is 0 Å². The van der Waals surface area contributed by atoms with E-state index >= 15 is 0 Å². The lowest BCUT2D eigenvalue weighted by molar-refractivity contribution is 0.693. The van der Waals surface area contributed by atoms with E-state index in [4.69, 9.17) is 23.2 Å². The molecule has 0 spiro atoms. The normalized spacial score (nSPS) is 11.4. The molecule has 3 aromatic rings. The summed E-state index contributed by atoms with van der Waals surface area (Å²) in [6.45, 7) is 2.19. The van der Waals surface area contributed by atoms with Crippen LogP contribution < -0.4 is 0 Å². The maximum atomic E-state index is 6.52. The molecule has 0 fully saturated rings. The zero-order valence-electron chi connectivity index (χ0n) is 12.3. The van der Waals surface area contributed by atoms with Crippen molar-refractivity contribution < 1.29 is 0 Å². The summed E-state index contributed by atoms with van der Waals surface area (Å²) in [5.41, 5.74) is 3.03. The van der Waals surface area contributed by atoms with Crippen molar-refractivity contribution in [3.8, 4) is 0 Å². The smallest absolute Gasteiger partial charge is 0.0451 e. The zero-order valence-corrected chi connectivity index (χ0v) is 13.8. The topological polar surface area (TPSA) is 0 Å². The third-order valence-corrected chi connectivity index (χ3v) is 4.73. The molecular weight excluding hydrogens is 311 g/mol. The van der Waals surface area contributed by atoms with Crippen LogP contribution in [0.1, 0.15) is 23.6 Å². The minimum atomic E-state index is -0.357. The van der Waals surface area contributed by atoms with Crippen LogP contribution >= 0.6 is 23.2 Å². The van der Waals surface area contributed by atoms with Crippen LogP contribution in [-0.2, 0) is 5.41 Å². The molecule has 0 amide bonds. The number of hydrogen-bond donors (Lipinski definition) is 0. The Morgan fingerprint density at radius 1 is 0.682 bits per heavy atom. The number of benzene rings is 3. The van der Waals surface area contributed by atoms with Gasteiger partial charge < -0.3 is 0 Å². The highest BCUT2D eigenvalue weighted by Crippen LogP contribution is 2.42. The van der Waals surface area contributed by atoms with E-state index in [1.54, 1.807) is 0 Å². The molecule has 0 bridgehead atoms. The van der Waals surface area contributed by atoms with Crippen LogP contribution in [0.25, 0.3) is 0 Å². The first kappa shape index (κ1) is 15.1. The maximum Gasteiger partial charge on any atom is 0.0451 e. The lowest BCUT2D eigenvalue weighted by Crippen LogP contribution is -2.25. The molecule has 0 heterocycles. The van der Waals surface area contributed by atoms with Gasteiger partial charge in [-0.25, -0.2) is 0 Å². The number of hydrogen-bond acceptors (Lipinski definition) is 0. The van der Waals surface area contributed by atoms with Crippen molar-refractivity contribution in [2.24, 2.45) is 0 Å². The van der Waals surface area contributed by atoms with E-state index in [1.165, 1.54) is 11.1 Å². The van der Waals surface area contributed by atoms with Crippen LogP contribution in [-0.4, -0.2) is 0 Å². The van der Waals surface area contributed by atoms with Gasteiger partial charge in [-0.3, -0.25) is 0 Å². The van der Waals surface area contributed by atoms with Gasteiger partial charge in [0.2, 0.25) is 0 Å². The highest BCUT2D eigenvalue weighted by Gasteiger charge is 2.32. The van der Waals surface area contributed by atoms with Crippen molar-refractivity contribution in [2.45, 2.75) is 12.3 Å². The van der Waals surface area contributed by atoms with Crippen LogP contribution in [0.3, 0.4) is 0 Å². The molecule has 0 saturated heterocycles. The van der Waals surface area contributed by atoms with Crippen LogP contribution in [0.2, 0.25) is 10.0 Å². The van der Waals surface area contributed by atoms with Gasteiger partial charge >= 0.3 is 0 Å². The maximum absolute atomic E-state index is 6.52. The van der Waals surface area contributed by atoms with E-state index in [2.05, 4.69) is 55.5 Å². The van der Waals surface area contributed by atoms with Gasteiger partial charge in [-0.1, -0.05) is 83.9 Å². The molecule has 2 heteroatoms. The Kier molecular flexibility index (Phi) is 4.24. The average molecular weight is 327 g/mol. The lowest BCUT2D eigenvalue weighted by atomic mass is 9.71. The van der Waals surface area contributed by atoms with Crippen molar-refractivity contribution >= 4 is 23.2 Å². The molecule has 0 atom stereocenters. The Balaban J connectivity index is 2.31. The third-order valence-electron chi connectivity index (χ3n) is 4.17. The third kappa shape index (κ3) is 2.65. The summed E-state index contributed by atoms with van der Waals surface area (Å²) < 4.78 is 0. The van der Waals surface area contributed by atoms with Crippen molar-refractivity contribution in [3.05, 3.63) is 106 Å². The van der Waals surface area contributed by atoms with Gasteiger partial charge in [-0.05, 0) is 41.8 Å². The molecule has 3 aromatic carbocycles. The fourth-order valence-electron chi connectivity index (χ4n) is 2.90. The summed E-state index contributed by atoms with van der Waals surface area (Å²) in [7, 11) is 0. The van der Waals surface area contributed by atoms with E-state index < -0.39 is 0 Å². The summed E-state index contributed by atoms with van der Waals surface area (Å²) in [6, 6.07) is 26.4. The molecule has 0 unspecified atom stereocenters. The van der Waals surface area contributed by atoms with Gasteiger partial charge in [-0.2, -0.15) is 0 Å². The van der Waals surface area contributed by atoms with E-state index in [0.717, 1.165) is 10.6 Å². The largest absolute Gasteiger partial charge is 0.0843 e. The van der Waals surface area contributed by atoms with Crippen molar-refractivity contribution in [1.82, 2.24) is 0 Å². The van der Waals surface area contributed by atoms with Crippen LogP contribution in [0.4, 0.5) is 0 Å². The fraction of sp³-hybridized carbons (Fsp3) is 0.100. The zero-order chi connectivity index (χ0) is 15.6. The molecule has 0 saturated carbocycles. The fourth-order valence-corrected chi connectivity index (χ4v) is 3.38. The molecule has 110 valence electrons. The van der Waals surface area contributed by atoms with E-state index in [-0.39, 0.29) is 5.41 Å². The first-order chi connectivity index (χ1) is 10.6. The summed E-state index contributed by atoms with van der Waals surface area (Å²) in [5, 5.41) is 1.41. The van der Waals surface area contributed by atoms with Crippen LogP contribution in [0.15, 0.2) is 78.9 Å². The van der Waals surface area contributed by atoms with Crippen molar-refractivity contribution in [1.29, 1.82) is 0 Å². The molecule has 0 aliphatic carbocycles. The summed E-state index contributed by atoms with van der Waals surface area (Å²) in [4.78, 5) is 0. The number of halogens is 2. The van der Waals surface area contributed by atoms with E-state index in [9.17, 15) is 0 Å². The first-order valence-electron chi connectivity index (χ1n) is 7.19. The van der Waals surface area contributed by atoms with Gasteiger partial charge in [-0.15, -0.1) is 0 Å².